The Morgan fingerprint density at radius 3 is 2.62 bits per heavy atom. The lowest BCUT2D eigenvalue weighted by atomic mass is 9.91. The van der Waals surface area contributed by atoms with Crippen LogP contribution in [0.5, 0.6) is 5.75 Å². The third-order valence-corrected chi connectivity index (χ3v) is 2.20. The van der Waals surface area contributed by atoms with Gasteiger partial charge in [0.15, 0.2) is 0 Å². The van der Waals surface area contributed by atoms with E-state index in [1.54, 1.807) is 25.1 Å². The normalized spacial score (nSPS) is 15.3. The number of hydrogen-bond donors (Lipinski definition) is 2. The highest BCUT2D eigenvalue weighted by Gasteiger charge is 2.21. The van der Waals surface area contributed by atoms with Crippen LogP contribution in [0.2, 0.25) is 0 Å². The van der Waals surface area contributed by atoms with Gasteiger partial charge in [0.05, 0.1) is 5.60 Å². The largest absolute Gasteiger partial charge is 0.508 e. The van der Waals surface area contributed by atoms with E-state index in [-0.39, 0.29) is 5.75 Å². The van der Waals surface area contributed by atoms with Gasteiger partial charge in [-0.05, 0) is 31.0 Å². The molecule has 0 saturated heterocycles. The molecule has 2 N–H and O–H groups in total. The average Bonchev–Trinajstić information content (AvgIpc) is 2.04. The molecule has 1 atom stereocenters. The van der Waals surface area contributed by atoms with Crippen LogP contribution in [0.25, 0.3) is 0 Å². The predicted octanol–water partition coefficient (Wildman–Crippen LogP) is 2.40. The minimum atomic E-state index is -0.826. The molecular weight excluding hydrogens is 164 g/mol. The second kappa shape index (κ2) is 3.79. The van der Waals surface area contributed by atoms with Crippen molar-refractivity contribution in [3.63, 3.8) is 0 Å². The first-order valence-corrected chi connectivity index (χ1v) is 4.58. The van der Waals surface area contributed by atoms with Crippen molar-refractivity contribution < 1.29 is 10.2 Å². The molecular formula is C11H16O2. The van der Waals surface area contributed by atoms with Crippen LogP contribution in [-0.4, -0.2) is 10.2 Å². The zero-order valence-corrected chi connectivity index (χ0v) is 8.12. The van der Waals surface area contributed by atoms with E-state index < -0.39 is 5.60 Å². The molecule has 0 aromatic heterocycles. The Morgan fingerprint density at radius 1 is 1.38 bits per heavy atom. The van der Waals surface area contributed by atoms with Gasteiger partial charge in [-0.3, -0.25) is 0 Å². The van der Waals surface area contributed by atoms with Crippen LogP contribution < -0.4 is 0 Å². The van der Waals surface area contributed by atoms with Crippen molar-refractivity contribution in [1.82, 2.24) is 0 Å². The van der Waals surface area contributed by atoms with Gasteiger partial charge in [-0.25, -0.2) is 0 Å². The van der Waals surface area contributed by atoms with E-state index >= 15 is 0 Å². The van der Waals surface area contributed by atoms with Gasteiger partial charge in [-0.1, -0.05) is 25.5 Å². The molecule has 1 aromatic carbocycles. The summed E-state index contributed by atoms with van der Waals surface area (Å²) >= 11 is 0. The summed E-state index contributed by atoms with van der Waals surface area (Å²) in [4.78, 5) is 0. The van der Waals surface area contributed by atoms with Gasteiger partial charge in [0.1, 0.15) is 5.75 Å². The second-order valence-electron chi connectivity index (χ2n) is 3.57. The Hall–Kier alpha value is -1.02. The van der Waals surface area contributed by atoms with Crippen molar-refractivity contribution in [2.24, 2.45) is 0 Å². The maximum atomic E-state index is 10.00. The second-order valence-corrected chi connectivity index (χ2v) is 3.57. The van der Waals surface area contributed by atoms with Crippen molar-refractivity contribution in [2.45, 2.75) is 32.3 Å². The number of hydrogen-bond acceptors (Lipinski definition) is 2. The summed E-state index contributed by atoms with van der Waals surface area (Å²) in [5.74, 6) is 0.203. The number of phenols is 1. The molecule has 0 fully saturated rings. The van der Waals surface area contributed by atoms with Gasteiger partial charge < -0.3 is 10.2 Å². The van der Waals surface area contributed by atoms with Crippen molar-refractivity contribution in [2.75, 3.05) is 0 Å². The van der Waals surface area contributed by atoms with E-state index in [4.69, 9.17) is 0 Å². The van der Waals surface area contributed by atoms with Crippen LogP contribution in [0.3, 0.4) is 0 Å². The molecule has 0 aliphatic rings. The molecule has 0 saturated carbocycles. The monoisotopic (exact) mass is 180 g/mol. The highest BCUT2D eigenvalue weighted by atomic mass is 16.3. The molecule has 0 amide bonds. The fourth-order valence-electron chi connectivity index (χ4n) is 1.47. The fourth-order valence-corrected chi connectivity index (χ4v) is 1.47. The number of rotatable bonds is 3. The third kappa shape index (κ3) is 2.46. The molecule has 0 aliphatic carbocycles. The van der Waals surface area contributed by atoms with E-state index in [0.29, 0.717) is 6.42 Å². The number of aromatic hydroxyl groups is 1. The first-order valence-electron chi connectivity index (χ1n) is 4.58. The predicted molar refractivity (Wildman–Crippen MR) is 52.6 cm³/mol. The molecule has 1 unspecified atom stereocenters. The summed E-state index contributed by atoms with van der Waals surface area (Å²) in [7, 11) is 0. The van der Waals surface area contributed by atoms with E-state index in [2.05, 4.69) is 0 Å². The average molecular weight is 180 g/mol. The molecule has 2 nitrogen and oxygen atoms in total. The summed E-state index contributed by atoms with van der Waals surface area (Å²) < 4.78 is 0. The first kappa shape index (κ1) is 10.1. The van der Waals surface area contributed by atoms with Crippen molar-refractivity contribution in [3.8, 4) is 5.75 Å². The van der Waals surface area contributed by atoms with Crippen molar-refractivity contribution >= 4 is 0 Å². The lowest BCUT2D eigenvalue weighted by Gasteiger charge is -2.23. The summed E-state index contributed by atoms with van der Waals surface area (Å²) in [5.41, 5.74) is -0.0534. The maximum absolute atomic E-state index is 10.00. The Kier molecular flexibility index (Phi) is 2.94. The number of phenolic OH excluding ortho intramolecular Hbond substituents is 1. The minimum Gasteiger partial charge on any atom is -0.508 e. The zero-order chi connectivity index (χ0) is 9.90. The van der Waals surface area contributed by atoms with Crippen LogP contribution in [0.4, 0.5) is 0 Å². The molecule has 1 rings (SSSR count). The highest BCUT2D eigenvalue weighted by Crippen LogP contribution is 2.27. The maximum Gasteiger partial charge on any atom is 0.115 e. The molecule has 0 aliphatic heterocycles. The van der Waals surface area contributed by atoms with Crippen LogP contribution in [0.1, 0.15) is 32.3 Å². The Bertz CT molecular complexity index is 279. The number of benzene rings is 1. The molecule has 72 valence electrons. The molecule has 2 heteroatoms. The summed E-state index contributed by atoms with van der Waals surface area (Å²) in [6.07, 6.45) is 1.62. The van der Waals surface area contributed by atoms with E-state index in [0.717, 1.165) is 12.0 Å². The minimum absolute atomic E-state index is 0.203. The summed E-state index contributed by atoms with van der Waals surface area (Å²) in [6.45, 7) is 3.79. The Labute approximate surface area is 78.8 Å². The van der Waals surface area contributed by atoms with Gasteiger partial charge in [-0.2, -0.15) is 0 Å². The van der Waals surface area contributed by atoms with E-state index in [1.165, 1.54) is 0 Å². The molecule has 1 aromatic rings. The third-order valence-electron chi connectivity index (χ3n) is 2.20. The SMILES string of the molecule is CCCC(C)(O)c1cccc(O)c1. The highest BCUT2D eigenvalue weighted by molar-refractivity contribution is 5.30. The van der Waals surface area contributed by atoms with E-state index in [9.17, 15) is 10.2 Å². The molecule has 13 heavy (non-hydrogen) atoms. The first-order chi connectivity index (χ1) is 6.06. The topological polar surface area (TPSA) is 40.5 Å². The van der Waals surface area contributed by atoms with Crippen LogP contribution >= 0.6 is 0 Å². The van der Waals surface area contributed by atoms with E-state index in [1.807, 2.05) is 13.0 Å². The summed E-state index contributed by atoms with van der Waals surface area (Å²) in [6, 6.07) is 6.78. The zero-order valence-electron chi connectivity index (χ0n) is 8.12. The quantitative estimate of drug-likeness (QED) is 0.749. The molecule has 0 radical (unpaired) electrons. The van der Waals surface area contributed by atoms with Crippen molar-refractivity contribution in [1.29, 1.82) is 0 Å². The van der Waals surface area contributed by atoms with Gasteiger partial charge >= 0.3 is 0 Å². The Morgan fingerprint density at radius 2 is 2.08 bits per heavy atom. The number of aliphatic hydroxyl groups is 1. The lowest BCUT2D eigenvalue weighted by molar-refractivity contribution is 0.0467. The molecule has 0 spiro atoms. The van der Waals surface area contributed by atoms with Crippen LogP contribution in [0, 0.1) is 0 Å². The molecule has 0 bridgehead atoms. The van der Waals surface area contributed by atoms with Gasteiger partial charge in [0.2, 0.25) is 0 Å². The standard InChI is InChI=1S/C11H16O2/c1-3-7-11(2,13)9-5-4-6-10(12)8-9/h4-6,8,12-13H,3,7H2,1-2H3. The van der Waals surface area contributed by atoms with Gasteiger partial charge in [-0.15, -0.1) is 0 Å². The summed E-state index contributed by atoms with van der Waals surface area (Å²) in [5, 5.41) is 19.2. The van der Waals surface area contributed by atoms with Crippen molar-refractivity contribution in [3.05, 3.63) is 29.8 Å². The Balaban J connectivity index is 2.93. The van der Waals surface area contributed by atoms with Gasteiger partial charge in [0, 0.05) is 0 Å². The smallest absolute Gasteiger partial charge is 0.115 e. The van der Waals surface area contributed by atoms with Crippen LogP contribution in [-0.2, 0) is 5.60 Å². The fraction of sp³-hybridized carbons (Fsp3) is 0.455. The molecule has 0 heterocycles. The van der Waals surface area contributed by atoms with Crippen LogP contribution in [0.15, 0.2) is 24.3 Å². The lowest BCUT2D eigenvalue weighted by Crippen LogP contribution is -2.20. The van der Waals surface area contributed by atoms with Gasteiger partial charge in [0.25, 0.3) is 0 Å².